The number of benzene rings is 7. The maximum absolute atomic E-state index is 2.43. The van der Waals surface area contributed by atoms with Gasteiger partial charge in [0.15, 0.2) is 0 Å². The molecule has 7 aromatic rings. The van der Waals surface area contributed by atoms with Crippen LogP contribution in [0.1, 0.15) is 25.0 Å². The number of hydrogen-bond acceptors (Lipinski definition) is 0. The van der Waals surface area contributed by atoms with E-state index in [9.17, 15) is 0 Å². The van der Waals surface area contributed by atoms with E-state index in [0.717, 1.165) is 0 Å². The van der Waals surface area contributed by atoms with Crippen molar-refractivity contribution in [2.24, 2.45) is 0 Å². The normalized spacial score (nSPS) is 13.5. The first-order valence-electron chi connectivity index (χ1n) is 15.2. The molecule has 0 saturated heterocycles. The van der Waals surface area contributed by atoms with Crippen LogP contribution >= 0.6 is 0 Å². The van der Waals surface area contributed by atoms with E-state index in [0.29, 0.717) is 0 Å². The SMILES string of the molecule is CC1(C)c2cc(-c3ccc(-c4ccc(-c5ccccc5)cc4)cc3)ccc2-c2ccc3c4c(ccc1c24)-c1ccccc1-3. The lowest BCUT2D eigenvalue weighted by Crippen LogP contribution is -2.23. The second-order valence-electron chi connectivity index (χ2n) is 12.5. The van der Waals surface area contributed by atoms with Gasteiger partial charge in [-0.2, -0.15) is 0 Å². The van der Waals surface area contributed by atoms with E-state index in [1.54, 1.807) is 0 Å². The maximum Gasteiger partial charge on any atom is 0.0159 e. The van der Waals surface area contributed by atoms with E-state index in [-0.39, 0.29) is 5.41 Å². The van der Waals surface area contributed by atoms with Crippen molar-refractivity contribution in [3.63, 3.8) is 0 Å². The maximum atomic E-state index is 2.43. The van der Waals surface area contributed by atoms with Gasteiger partial charge < -0.3 is 0 Å². The average Bonchev–Trinajstić information content (AvgIpc) is 3.40. The molecule has 9 rings (SSSR count). The van der Waals surface area contributed by atoms with Crippen molar-refractivity contribution in [3.05, 3.63) is 157 Å². The van der Waals surface area contributed by atoms with Gasteiger partial charge >= 0.3 is 0 Å². The van der Waals surface area contributed by atoms with Crippen molar-refractivity contribution >= 4 is 10.8 Å². The molecule has 202 valence electrons. The van der Waals surface area contributed by atoms with Crippen LogP contribution in [0.25, 0.3) is 77.5 Å². The van der Waals surface area contributed by atoms with Crippen LogP contribution in [0.5, 0.6) is 0 Å². The summed E-state index contributed by atoms with van der Waals surface area (Å²) in [6, 6.07) is 53.9. The molecule has 0 saturated carbocycles. The zero-order valence-electron chi connectivity index (χ0n) is 24.4. The number of rotatable bonds is 3. The molecule has 2 aliphatic carbocycles. The minimum Gasteiger partial charge on any atom is -0.0622 e. The molecule has 0 fully saturated rings. The van der Waals surface area contributed by atoms with Crippen LogP contribution in [-0.4, -0.2) is 0 Å². The Morgan fingerprint density at radius 1 is 0.302 bits per heavy atom. The molecule has 2 aliphatic rings. The molecular formula is C43H30. The van der Waals surface area contributed by atoms with Gasteiger partial charge in [-0.1, -0.05) is 153 Å². The molecular weight excluding hydrogens is 516 g/mol. The lowest BCUT2D eigenvalue weighted by atomic mass is 9.67. The largest absolute Gasteiger partial charge is 0.0622 e. The predicted molar refractivity (Wildman–Crippen MR) is 182 cm³/mol. The van der Waals surface area contributed by atoms with Gasteiger partial charge in [0, 0.05) is 5.41 Å². The lowest BCUT2D eigenvalue weighted by molar-refractivity contribution is 0.645. The van der Waals surface area contributed by atoms with Gasteiger partial charge in [-0.3, -0.25) is 0 Å². The van der Waals surface area contributed by atoms with E-state index in [2.05, 4.69) is 159 Å². The van der Waals surface area contributed by atoms with Crippen molar-refractivity contribution in [2.75, 3.05) is 0 Å². The molecule has 0 heterocycles. The highest BCUT2D eigenvalue weighted by atomic mass is 14.4. The summed E-state index contributed by atoms with van der Waals surface area (Å²) in [7, 11) is 0. The Bertz CT molecular complexity index is 2180. The van der Waals surface area contributed by atoms with E-state index in [1.165, 1.54) is 88.7 Å². The Balaban J connectivity index is 1.10. The van der Waals surface area contributed by atoms with Gasteiger partial charge in [0.1, 0.15) is 0 Å². The molecule has 7 aromatic carbocycles. The molecule has 0 aliphatic heterocycles. The topological polar surface area (TPSA) is 0 Å². The monoisotopic (exact) mass is 546 g/mol. The van der Waals surface area contributed by atoms with Gasteiger partial charge in [0.05, 0.1) is 0 Å². The average molecular weight is 547 g/mol. The number of fused-ring (bicyclic) bond motifs is 5. The summed E-state index contributed by atoms with van der Waals surface area (Å²) in [5.41, 5.74) is 18.4. The highest BCUT2D eigenvalue weighted by molar-refractivity contribution is 6.20. The van der Waals surface area contributed by atoms with Gasteiger partial charge in [-0.05, 0) is 94.7 Å². The fourth-order valence-corrected chi connectivity index (χ4v) is 7.60. The molecule has 0 amide bonds. The second kappa shape index (κ2) is 8.90. The second-order valence-corrected chi connectivity index (χ2v) is 12.5. The smallest absolute Gasteiger partial charge is 0.0159 e. The van der Waals surface area contributed by atoms with Crippen molar-refractivity contribution in [2.45, 2.75) is 19.3 Å². The summed E-state index contributed by atoms with van der Waals surface area (Å²) in [4.78, 5) is 0. The molecule has 0 heteroatoms. The van der Waals surface area contributed by atoms with Crippen LogP contribution in [-0.2, 0) is 5.41 Å². The standard InChI is InChI=1S/C43H30/c1-43(2)39-25-24-37-34-11-7-6-10-33(34)36-22-23-38(42(39)41(36)37)35-21-20-32(26-40(35)43)31-18-16-30(17-19-31)29-14-12-28(13-15-29)27-8-4-3-5-9-27/h3-26H,1-2H3. The van der Waals surface area contributed by atoms with Crippen molar-refractivity contribution in [1.29, 1.82) is 0 Å². The Morgan fingerprint density at radius 2 is 0.721 bits per heavy atom. The molecule has 0 bridgehead atoms. The first-order valence-corrected chi connectivity index (χ1v) is 15.2. The van der Waals surface area contributed by atoms with Crippen LogP contribution in [0.2, 0.25) is 0 Å². The highest BCUT2D eigenvalue weighted by Gasteiger charge is 2.36. The van der Waals surface area contributed by atoms with Crippen molar-refractivity contribution in [1.82, 2.24) is 0 Å². The quantitative estimate of drug-likeness (QED) is 0.207. The minimum absolute atomic E-state index is 0.106. The molecule has 0 N–H and O–H groups in total. The van der Waals surface area contributed by atoms with Crippen molar-refractivity contribution in [3.8, 4) is 66.8 Å². The first kappa shape index (κ1) is 24.4. The van der Waals surface area contributed by atoms with Gasteiger partial charge in [-0.25, -0.2) is 0 Å². The summed E-state index contributed by atoms with van der Waals surface area (Å²) >= 11 is 0. The summed E-state index contributed by atoms with van der Waals surface area (Å²) in [6.07, 6.45) is 0. The van der Waals surface area contributed by atoms with E-state index >= 15 is 0 Å². The van der Waals surface area contributed by atoms with Crippen LogP contribution < -0.4 is 0 Å². The third-order valence-corrected chi connectivity index (χ3v) is 9.87. The summed E-state index contributed by atoms with van der Waals surface area (Å²) in [5.74, 6) is 0. The predicted octanol–water partition coefficient (Wildman–Crippen LogP) is 11.8. The Hall–Kier alpha value is -5.20. The van der Waals surface area contributed by atoms with Gasteiger partial charge in [0.25, 0.3) is 0 Å². The number of hydrogen-bond donors (Lipinski definition) is 0. The van der Waals surface area contributed by atoms with Crippen LogP contribution in [0.15, 0.2) is 146 Å². The van der Waals surface area contributed by atoms with Crippen LogP contribution in [0, 0.1) is 0 Å². The Labute approximate surface area is 252 Å². The molecule has 0 atom stereocenters. The van der Waals surface area contributed by atoms with Gasteiger partial charge in [0.2, 0.25) is 0 Å². The highest BCUT2D eigenvalue weighted by Crippen LogP contribution is 2.56. The summed E-state index contributed by atoms with van der Waals surface area (Å²) < 4.78 is 0. The summed E-state index contributed by atoms with van der Waals surface area (Å²) in [6.45, 7) is 4.79. The third-order valence-electron chi connectivity index (χ3n) is 9.87. The molecule has 0 radical (unpaired) electrons. The van der Waals surface area contributed by atoms with Crippen molar-refractivity contribution < 1.29 is 0 Å². The molecule has 43 heavy (non-hydrogen) atoms. The minimum atomic E-state index is -0.106. The molecule has 0 spiro atoms. The van der Waals surface area contributed by atoms with E-state index in [1.807, 2.05) is 0 Å². The fraction of sp³-hybridized carbons (Fsp3) is 0.0698. The van der Waals surface area contributed by atoms with Crippen LogP contribution in [0.4, 0.5) is 0 Å². The Kier molecular flexibility index (Phi) is 5.05. The van der Waals surface area contributed by atoms with E-state index < -0.39 is 0 Å². The first-order chi connectivity index (χ1) is 21.1. The molecule has 0 unspecified atom stereocenters. The van der Waals surface area contributed by atoms with Crippen LogP contribution in [0.3, 0.4) is 0 Å². The molecule has 0 aromatic heterocycles. The third kappa shape index (κ3) is 3.50. The van der Waals surface area contributed by atoms with Gasteiger partial charge in [-0.15, -0.1) is 0 Å². The van der Waals surface area contributed by atoms with E-state index in [4.69, 9.17) is 0 Å². The molecule has 0 nitrogen and oxygen atoms in total. The Morgan fingerprint density at radius 3 is 1.30 bits per heavy atom. The fourth-order valence-electron chi connectivity index (χ4n) is 7.60. The lowest BCUT2D eigenvalue weighted by Gasteiger charge is -2.36. The zero-order chi connectivity index (χ0) is 28.7. The zero-order valence-corrected chi connectivity index (χ0v) is 24.4. The summed E-state index contributed by atoms with van der Waals surface area (Å²) in [5, 5.41) is 2.85.